The van der Waals surface area contributed by atoms with Crippen LogP contribution in [0.3, 0.4) is 0 Å². The molecule has 322 valence electrons. The highest BCUT2D eigenvalue weighted by molar-refractivity contribution is 6.39. The summed E-state index contributed by atoms with van der Waals surface area (Å²) < 4.78 is 17.9. The normalized spacial score (nSPS) is 41.0. The van der Waals surface area contributed by atoms with Gasteiger partial charge in [-0.25, -0.2) is 4.79 Å². The second-order valence-electron chi connectivity index (χ2n) is 17.6. The van der Waals surface area contributed by atoms with Crippen LogP contribution in [-0.4, -0.2) is 123 Å². The number of cyclic esters (lactones) is 1. The van der Waals surface area contributed by atoms with Gasteiger partial charge in [0.1, 0.15) is 17.9 Å². The number of ether oxygens (including phenoxy) is 3. The molecule has 2 bridgehead atoms. The van der Waals surface area contributed by atoms with E-state index in [-0.39, 0.29) is 62.7 Å². The summed E-state index contributed by atoms with van der Waals surface area (Å²) in [7, 11) is 1.55. The molecule has 3 fully saturated rings. The van der Waals surface area contributed by atoms with E-state index in [1.807, 2.05) is 26.0 Å². The van der Waals surface area contributed by atoms with Gasteiger partial charge in [-0.3, -0.25) is 14.4 Å². The zero-order chi connectivity index (χ0) is 42.2. The fraction of sp³-hybridized carbons (Fsp3) is 0.773. The van der Waals surface area contributed by atoms with Gasteiger partial charge in [0.05, 0.1) is 24.4 Å². The highest BCUT2D eigenvalue weighted by Gasteiger charge is 2.56. The molecule has 4 rings (SSSR count). The fourth-order valence-corrected chi connectivity index (χ4v) is 9.73. The summed E-state index contributed by atoms with van der Waals surface area (Å²) in [6.07, 6.45) is 5.58. The van der Waals surface area contributed by atoms with Crippen molar-refractivity contribution in [2.24, 2.45) is 41.4 Å². The van der Waals surface area contributed by atoms with Crippen LogP contribution in [0.4, 0.5) is 0 Å². The molecule has 13 nitrogen and oxygen atoms in total. The standard InChI is InChI=1S/C44H69NO12/c1-8-11-31-17-25(2)16-26(3)18-32(23-46)40-33(24-47)20-28(5)44(54,57-40)41(51)42(52)45-15-10-9-12-34(45)43(53)56-39(29(6)36(49)22-37(31)50)27(4)19-30-13-14-35(48)38(21-30)55-7/h8,17,19,26,28-36,38-40,46-49,54H,1,9-16,18,20-24H2,2-7H3/b25-17+,27-19+/t26-,28+,29+,30-,31+,32+,33+,34-,35+,36-,38+,39+,40+,44+/m0/s1. The first kappa shape index (κ1) is 46.9. The summed E-state index contributed by atoms with van der Waals surface area (Å²) in [6.45, 7) is 12.2. The van der Waals surface area contributed by atoms with E-state index in [1.54, 1.807) is 34.0 Å². The first-order valence-corrected chi connectivity index (χ1v) is 21.0. The Kier molecular flexibility index (Phi) is 17.2. The lowest BCUT2D eigenvalue weighted by Crippen LogP contribution is -2.63. The Morgan fingerprint density at radius 1 is 0.982 bits per heavy atom. The Bertz CT molecular complexity index is 1480. The monoisotopic (exact) mass is 803 g/mol. The molecule has 4 aliphatic rings. The Morgan fingerprint density at radius 2 is 1.67 bits per heavy atom. The average molecular weight is 804 g/mol. The number of rotatable bonds is 7. The topological polar surface area (TPSA) is 200 Å². The largest absolute Gasteiger partial charge is 0.456 e. The van der Waals surface area contributed by atoms with Crippen molar-refractivity contribution in [1.29, 1.82) is 0 Å². The van der Waals surface area contributed by atoms with Crippen molar-refractivity contribution in [2.75, 3.05) is 26.9 Å². The van der Waals surface area contributed by atoms with Crippen LogP contribution < -0.4 is 0 Å². The number of hydrogen-bond donors (Lipinski definition) is 5. The second kappa shape index (κ2) is 21.0. The van der Waals surface area contributed by atoms with E-state index >= 15 is 0 Å². The Morgan fingerprint density at radius 3 is 2.32 bits per heavy atom. The van der Waals surface area contributed by atoms with Gasteiger partial charge < -0.3 is 44.6 Å². The number of amides is 1. The number of carbonyl (C=O) groups excluding carboxylic acids is 4. The van der Waals surface area contributed by atoms with E-state index in [9.17, 15) is 44.7 Å². The second-order valence-corrected chi connectivity index (χ2v) is 17.6. The average Bonchev–Trinajstić information content (AvgIpc) is 3.18. The Labute approximate surface area is 338 Å². The highest BCUT2D eigenvalue weighted by Crippen LogP contribution is 2.42. The van der Waals surface area contributed by atoms with Crippen LogP contribution in [0.5, 0.6) is 0 Å². The predicted octanol–water partition coefficient (Wildman–Crippen LogP) is 3.83. The number of nitrogens with zero attached hydrogens (tertiary/aromatic N) is 1. The summed E-state index contributed by atoms with van der Waals surface area (Å²) in [6, 6.07) is -1.17. The third-order valence-corrected chi connectivity index (χ3v) is 13.1. The van der Waals surface area contributed by atoms with Gasteiger partial charge in [-0.15, -0.1) is 6.58 Å². The zero-order valence-corrected chi connectivity index (χ0v) is 34.9. The number of allylic oxidation sites excluding steroid dienone is 4. The lowest BCUT2D eigenvalue weighted by atomic mass is 9.75. The molecule has 0 spiro atoms. The van der Waals surface area contributed by atoms with Crippen molar-refractivity contribution in [3.8, 4) is 0 Å². The van der Waals surface area contributed by atoms with Crippen molar-refractivity contribution in [3.05, 3.63) is 36.0 Å². The van der Waals surface area contributed by atoms with Crippen molar-refractivity contribution < 1.29 is 58.9 Å². The number of piperidine rings is 1. The molecule has 2 saturated heterocycles. The fourth-order valence-electron chi connectivity index (χ4n) is 9.73. The SMILES string of the molecule is C=CC[C@@H]1/C=C(\C)C[C@H](C)C[C@H](CO)[C@H]2O[C@@](O)(C(=O)C(=O)N3CCCC[C@H]3C(=O)O[C@H](/C(C)=C/[C@@H]3CC[C@@H](O)[C@H](OC)C3)[C@H](C)[C@@H](O)CC1=O)[C@H](C)C[C@@H]2CO. The van der Waals surface area contributed by atoms with Gasteiger partial charge >= 0.3 is 5.97 Å². The number of hydrogen-bond acceptors (Lipinski definition) is 12. The number of Topliss-reactive ketones (excluding diaryl/α,β-unsaturated/α-hetero) is 2. The van der Waals surface area contributed by atoms with Gasteiger partial charge in [0.25, 0.3) is 11.7 Å². The zero-order valence-electron chi connectivity index (χ0n) is 34.9. The number of fused-ring (bicyclic) bond motifs is 3. The van der Waals surface area contributed by atoms with E-state index in [1.165, 1.54) is 0 Å². The van der Waals surface area contributed by atoms with Crippen molar-refractivity contribution >= 4 is 23.4 Å². The summed E-state index contributed by atoms with van der Waals surface area (Å²) in [5, 5.41) is 55.1. The first-order chi connectivity index (χ1) is 27.0. The van der Waals surface area contributed by atoms with E-state index in [0.717, 1.165) is 10.5 Å². The highest BCUT2D eigenvalue weighted by atomic mass is 16.6. The number of esters is 1. The van der Waals surface area contributed by atoms with Gasteiger partial charge in [0.15, 0.2) is 0 Å². The van der Waals surface area contributed by atoms with Crippen LogP contribution in [0.1, 0.15) is 105 Å². The van der Waals surface area contributed by atoms with Crippen LogP contribution in [0.2, 0.25) is 0 Å². The molecule has 0 unspecified atom stereocenters. The van der Waals surface area contributed by atoms with E-state index in [4.69, 9.17) is 14.2 Å². The lowest BCUT2D eigenvalue weighted by Gasteiger charge is -2.47. The van der Waals surface area contributed by atoms with Crippen LogP contribution in [0.15, 0.2) is 36.0 Å². The van der Waals surface area contributed by atoms with Crippen LogP contribution in [-0.2, 0) is 33.4 Å². The number of ketones is 2. The summed E-state index contributed by atoms with van der Waals surface area (Å²) in [5.74, 6) is -9.29. The number of aliphatic hydroxyl groups is 5. The molecule has 0 aromatic heterocycles. The van der Waals surface area contributed by atoms with Crippen molar-refractivity contribution in [2.45, 2.75) is 148 Å². The Balaban J connectivity index is 1.78. The maximum Gasteiger partial charge on any atom is 0.329 e. The van der Waals surface area contributed by atoms with Gasteiger partial charge in [-0.2, -0.15) is 0 Å². The van der Waals surface area contributed by atoms with Crippen molar-refractivity contribution in [3.63, 3.8) is 0 Å². The molecule has 0 radical (unpaired) electrons. The quantitative estimate of drug-likeness (QED) is 0.142. The third-order valence-electron chi connectivity index (χ3n) is 13.1. The molecule has 13 heteroatoms. The van der Waals surface area contributed by atoms with Crippen LogP contribution in [0, 0.1) is 41.4 Å². The number of methoxy groups -OCH3 is 1. The Hall–Kier alpha value is -2.78. The van der Waals surface area contributed by atoms with Crippen molar-refractivity contribution in [1.82, 2.24) is 4.90 Å². The molecule has 57 heavy (non-hydrogen) atoms. The third kappa shape index (κ3) is 11.3. The molecule has 5 N–H and O–H groups in total. The van der Waals surface area contributed by atoms with Gasteiger partial charge in [-0.1, -0.05) is 44.6 Å². The van der Waals surface area contributed by atoms with Gasteiger partial charge in [0, 0.05) is 62.9 Å². The molecule has 3 heterocycles. The smallest absolute Gasteiger partial charge is 0.329 e. The summed E-state index contributed by atoms with van der Waals surface area (Å²) >= 11 is 0. The van der Waals surface area contributed by atoms with E-state index in [0.29, 0.717) is 56.9 Å². The van der Waals surface area contributed by atoms with E-state index in [2.05, 4.69) is 6.58 Å². The predicted molar refractivity (Wildman–Crippen MR) is 212 cm³/mol. The van der Waals surface area contributed by atoms with Crippen LogP contribution >= 0.6 is 0 Å². The maximum absolute atomic E-state index is 14.3. The van der Waals surface area contributed by atoms with E-state index < -0.39 is 83.5 Å². The maximum atomic E-state index is 14.3. The minimum Gasteiger partial charge on any atom is -0.456 e. The summed E-state index contributed by atoms with van der Waals surface area (Å²) in [4.78, 5) is 57.7. The molecule has 14 atom stereocenters. The summed E-state index contributed by atoms with van der Waals surface area (Å²) in [5.41, 5.74) is 1.55. The molecule has 1 aliphatic carbocycles. The molecule has 1 saturated carbocycles. The molecule has 1 amide bonds. The minimum absolute atomic E-state index is 0.0241. The molecular weight excluding hydrogens is 734 g/mol. The molecule has 0 aromatic carbocycles. The lowest BCUT2D eigenvalue weighted by molar-refractivity contribution is -0.289. The van der Waals surface area contributed by atoms with Gasteiger partial charge in [-0.05, 0) is 95.5 Å². The number of carbonyl (C=O) groups is 4. The molecule has 3 aliphatic heterocycles. The molecule has 0 aromatic rings. The van der Waals surface area contributed by atoms with Gasteiger partial charge in [0.2, 0.25) is 5.79 Å². The minimum atomic E-state index is -2.57. The molecular formula is C44H69NO12. The van der Waals surface area contributed by atoms with Crippen LogP contribution in [0.25, 0.3) is 0 Å². The number of aliphatic hydroxyl groups excluding tert-OH is 4. The first-order valence-electron chi connectivity index (χ1n) is 21.0.